The fourth-order valence-electron chi connectivity index (χ4n) is 0.789. The summed E-state index contributed by atoms with van der Waals surface area (Å²) in [6.45, 7) is 0.00248. The smallest absolute Gasteiger partial charge is 0.266 e. The second-order valence-corrected chi connectivity index (χ2v) is 4.86. The molecule has 9 heteroatoms. The van der Waals surface area contributed by atoms with Crippen LogP contribution in [0.1, 0.15) is 0 Å². The van der Waals surface area contributed by atoms with E-state index in [4.69, 9.17) is 27.8 Å². The molecule has 1 aromatic rings. The molecule has 0 aliphatic rings. The minimum atomic E-state index is -3.99. The summed E-state index contributed by atoms with van der Waals surface area (Å²) >= 11 is 11.1. The highest BCUT2D eigenvalue weighted by atomic mass is 35.5. The molecule has 2 N–H and O–H groups in total. The summed E-state index contributed by atoms with van der Waals surface area (Å²) in [5, 5.41) is 2.72. The number of hydrogen-bond donors (Lipinski definition) is 2. The van der Waals surface area contributed by atoms with E-state index in [1.165, 1.54) is 6.07 Å². The largest absolute Gasteiger partial charge is 0.369 e. The maximum absolute atomic E-state index is 10.4. The molecule has 0 amide bonds. The van der Waals surface area contributed by atoms with Gasteiger partial charge in [-0.05, 0) is 11.6 Å². The fourth-order valence-corrected chi connectivity index (χ4v) is 1.56. The summed E-state index contributed by atoms with van der Waals surface area (Å²) in [6, 6.07) is 1.39. The van der Waals surface area contributed by atoms with Crippen LogP contribution in [0, 0.1) is 0 Å². The van der Waals surface area contributed by atoms with Gasteiger partial charge in [0, 0.05) is 12.6 Å². The van der Waals surface area contributed by atoms with Crippen LogP contribution in [-0.4, -0.2) is 35.2 Å². The standard InChI is InChI=1S/C6H7Cl2N3O3S/c7-4-3-5(11-6(8)10-4)9-1-2-15(12,13)14/h3H,1-2H2,(H,9,10,11)(H,12,13,14). The molecular weight excluding hydrogens is 265 g/mol. The number of anilines is 1. The van der Waals surface area contributed by atoms with Crippen molar-refractivity contribution in [2.75, 3.05) is 17.6 Å². The van der Waals surface area contributed by atoms with Gasteiger partial charge >= 0.3 is 0 Å². The molecule has 1 heterocycles. The number of aromatic nitrogens is 2. The SMILES string of the molecule is O=S(=O)(O)CCNc1cc(Cl)nc(Cl)n1. The summed E-state index contributed by atoms with van der Waals surface area (Å²) in [5.74, 6) is -0.129. The van der Waals surface area contributed by atoms with E-state index in [-0.39, 0.29) is 17.0 Å². The average Bonchev–Trinajstić information content (AvgIpc) is 1.99. The van der Waals surface area contributed by atoms with Crippen molar-refractivity contribution in [3.8, 4) is 0 Å². The Morgan fingerprint density at radius 2 is 2.07 bits per heavy atom. The Morgan fingerprint density at radius 1 is 1.40 bits per heavy atom. The zero-order valence-corrected chi connectivity index (χ0v) is 9.64. The van der Waals surface area contributed by atoms with Gasteiger partial charge in [0.25, 0.3) is 10.1 Å². The monoisotopic (exact) mass is 271 g/mol. The molecule has 0 aliphatic heterocycles. The van der Waals surface area contributed by atoms with Crippen molar-refractivity contribution in [3.63, 3.8) is 0 Å². The zero-order valence-electron chi connectivity index (χ0n) is 7.31. The zero-order chi connectivity index (χ0) is 11.5. The van der Waals surface area contributed by atoms with Crippen molar-refractivity contribution in [2.24, 2.45) is 0 Å². The van der Waals surface area contributed by atoms with E-state index in [1.54, 1.807) is 0 Å². The van der Waals surface area contributed by atoms with E-state index in [9.17, 15) is 8.42 Å². The highest BCUT2D eigenvalue weighted by Gasteiger charge is 2.05. The van der Waals surface area contributed by atoms with Gasteiger partial charge in [-0.15, -0.1) is 0 Å². The predicted octanol–water partition coefficient (Wildman–Crippen LogP) is 1.08. The maximum Gasteiger partial charge on any atom is 0.266 e. The minimum Gasteiger partial charge on any atom is -0.369 e. The molecule has 0 fully saturated rings. The van der Waals surface area contributed by atoms with Gasteiger partial charge in [-0.3, -0.25) is 4.55 Å². The minimum absolute atomic E-state index is 0.00248. The molecule has 0 radical (unpaired) electrons. The third kappa shape index (κ3) is 5.12. The van der Waals surface area contributed by atoms with Crippen LogP contribution in [0.2, 0.25) is 10.4 Å². The Balaban J connectivity index is 2.58. The lowest BCUT2D eigenvalue weighted by Crippen LogP contribution is -2.15. The van der Waals surface area contributed by atoms with Gasteiger partial charge in [-0.25, -0.2) is 9.97 Å². The second kappa shape index (κ2) is 4.93. The first-order chi connectivity index (χ1) is 6.87. The third-order valence-electron chi connectivity index (χ3n) is 1.33. The Hall–Kier alpha value is -0.630. The van der Waals surface area contributed by atoms with Crippen LogP contribution >= 0.6 is 23.2 Å². The lowest BCUT2D eigenvalue weighted by atomic mass is 10.5. The molecule has 6 nitrogen and oxygen atoms in total. The number of hydrogen-bond acceptors (Lipinski definition) is 5. The molecule has 1 rings (SSSR count). The molecule has 0 spiro atoms. The summed E-state index contributed by atoms with van der Waals surface area (Å²) in [7, 11) is -3.99. The van der Waals surface area contributed by atoms with Crippen molar-refractivity contribution < 1.29 is 13.0 Å². The van der Waals surface area contributed by atoms with Gasteiger partial charge < -0.3 is 5.32 Å². The topological polar surface area (TPSA) is 92.2 Å². The molecule has 0 unspecified atom stereocenters. The van der Waals surface area contributed by atoms with Gasteiger partial charge in [-0.1, -0.05) is 11.6 Å². The first-order valence-electron chi connectivity index (χ1n) is 3.76. The highest BCUT2D eigenvalue weighted by Crippen LogP contribution is 2.13. The molecule has 0 saturated heterocycles. The quantitative estimate of drug-likeness (QED) is 0.484. The summed E-state index contributed by atoms with van der Waals surface area (Å²) in [6.07, 6.45) is 0. The van der Waals surface area contributed by atoms with Crippen molar-refractivity contribution >= 4 is 39.1 Å². The van der Waals surface area contributed by atoms with Gasteiger partial charge in [0.15, 0.2) is 0 Å². The molecule has 0 saturated carbocycles. The van der Waals surface area contributed by atoms with Crippen LogP contribution < -0.4 is 5.32 Å². The van der Waals surface area contributed by atoms with Crippen molar-refractivity contribution in [2.45, 2.75) is 0 Å². The van der Waals surface area contributed by atoms with E-state index < -0.39 is 15.9 Å². The van der Waals surface area contributed by atoms with E-state index in [2.05, 4.69) is 15.3 Å². The molecule has 0 aromatic carbocycles. The first-order valence-corrected chi connectivity index (χ1v) is 6.12. The lowest BCUT2D eigenvalue weighted by Gasteiger charge is -2.04. The Morgan fingerprint density at radius 3 is 2.60 bits per heavy atom. The number of nitrogens with zero attached hydrogens (tertiary/aromatic N) is 2. The lowest BCUT2D eigenvalue weighted by molar-refractivity contribution is 0.484. The van der Waals surface area contributed by atoms with Crippen molar-refractivity contribution in [3.05, 3.63) is 16.5 Å². The molecular formula is C6H7Cl2N3O3S. The Kier molecular flexibility index (Phi) is 4.09. The van der Waals surface area contributed by atoms with Crippen LogP contribution in [0.4, 0.5) is 5.82 Å². The predicted molar refractivity (Wildman–Crippen MR) is 57.0 cm³/mol. The third-order valence-corrected chi connectivity index (χ3v) is 2.42. The van der Waals surface area contributed by atoms with Crippen LogP contribution in [0.3, 0.4) is 0 Å². The van der Waals surface area contributed by atoms with E-state index >= 15 is 0 Å². The van der Waals surface area contributed by atoms with Gasteiger partial charge in [-0.2, -0.15) is 8.42 Å². The maximum atomic E-state index is 10.4. The van der Waals surface area contributed by atoms with Gasteiger partial charge in [0.1, 0.15) is 11.0 Å². The van der Waals surface area contributed by atoms with Crippen LogP contribution in [-0.2, 0) is 10.1 Å². The molecule has 15 heavy (non-hydrogen) atoms. The molecule has 84 valence electrons. The van der Waals surface area contributed by atoms with E-state index in [0.29, 0.717) is 5.82 Å². The molecule has 0 aliphatic carbocycles. The summed E-state index contributed by atoms with van der Waals surface area (Å²) < 4.78 is 29.2. The number of nitrogens with one attached hydrogen (secondary N) is 1. The van der Waals surface area contributed by atoms with Crippen LogP contribution in [0.5, 0.6) is 0 Å². The average molecular weight is 272 g/mol. The first kappa shape index (κ1) is 12.4. The Labute approximate surface area is 96.4 Å². The van der Waals surface area contributed by atoms with Crippen molar-refractivity contribution in [1.82, 2.24) is 9.97 Å². The van der Waals surface area contributed by atoms with Crippen LogP contribution in [0.25, 0.3) is 0 Å². The van der Waals surface area contributed by atoms with Gasteiger partial charge in [0.2, 0.25) is 5.28 Å². The number of rotatable bonds is 4. The summed E-state index contributed by atoms with van der Waals surface area (Å²) in [4.78, 5) is 7.34. The molecule has 0 bridgehead atoms. The van der Waals surface area contributed by atoms with Gasteiger partial charge in [0.05, 0.1) is 5.75 Å². The summed E-state index contributed by atoms with van der Waals surface area (Å²) in [5.41, 5.74) is 0. The fraction of sp³-hybridized carbons (Fsp3) is 0.333. The van der Waals surface area contributed by atoms with E-state index in [1.807, 2.05) is 0 Å². The molecule has 0 atom stereocenters. The second-order valence-electron chi connectivity index (χ2n) is 2.56. The van der Waals surface area contributed by atoms with Crippen LogP contribution in [0.15, 0.2) is 6.07 Å². The Bertz CT molecular complexity index is 431. The normalized spacial score (nSPS) is 11.4. The van der Waals surface area contributed by atoms with E-state index in [0.717, 1.165) is 0 Å². The number of halogens is 2. The highest BCUT2D eigenvalue weighted by molar-refractivity contribution is 7.85. The van der Waals surface area contributed by atoms with Crippen molar-refractivity contribution in [1.29, 1.82) is 0 Å². The molecule has 1 aromatic heterocycles.